The van der Waals surface area contributed by atoms with Crippen LogP contribution >= 0.6 is 11.6 Å². The molecular formula is C23H28ClNO3. The van der Waals surface area contributed by atoms with Crippen molar-refractivity contribution >= 4 is 17.3 Å². The molecule has 0 aromatic heterocycles. The third kappa shape index (κ3) is 4.69. The van der Waals surface area contributed by atoms with Gasteiger partial charge in [-0.3, -0.25) is 0 Å². The monoisotopic (exact) mass is 401 g/mol. The van der Waals surface area contributed by atoms with Crippen molar-refractivity contribution in [1.29, 1.82) is 0 Å². The summed E-state index contributed by atoms with van der Waals surface area (Å²) in [5.74, 6) is 0.830. The Balaban J connectivity index is 1.81. The predicted molar refractivity (Wildman–Crippen MR) is 114 cm³/mol. The lowest BCUT2D eigenvalue weighted by Gasteiger charge is -2.43. The van der Waals surface area contributed by atoms with Crippen LogP contribution < -0.4 is 10.1 Å². The summed E-state index contributed by atoms with van der Waals surface area (Å²) >= 11 is 6.07. The number of nitrogens with one attached hydrogen (secondary N) is 1. The summed E-state index contributed by atoms with van der Waals surface area (Å²) in [4.78, 5) is 0. The number of allylic oxidation sites excluding steroid dienone is 1. The smallest absolute Gasteiger partial charge is 0.132 e. The summed E-state index contributed by atoms with van der Waals surface area (Å²) in [5, 5.41) is 4.19. The van der Waals surface area contributed by atoms with Gasteiger partial charge in [-0.25, -0.2) is 0 Å². The highest BCUT2D eigenvalue weighted by molar-refractivity contribution is 6.30. The number of methoxy groups -OCH3 is 1. The van der Waals surface area contributed by atoms with E-state index in [9.17, 15) is 0 Å². The van der Waals surface area contributed by atoms with Gasteiger partial charge >= 0.3 is 0 Å². The number of rotatable bonds is 7. The number of hydrogen-bond acceptors (Lipinski definition) is 4. The lowest BCUT2D eigenvalue weighted by Crippen LogP contribution is -2.50. The molecular weight excluding hydrogens is 374 g/mol. The third-order valence-electron chi connectivity index (χ3n) is 4.90. The second kappa shape index (κ2) is 8.99. The summed E-state index contributed by atoms with van der Waals surface area (Å²) in [6.45, 7) is 7.26. The SMILES string of the molecule is C/C=C/COC1C(OC)c2cc(NCc3cccc(Cl)c3)ccc2OC1(C)C. The number of benzene rings is 2. The Hall–Kier alpha value is -2.01. The average molecular weight is 402 g/mol. The molecule has 0 aliphatic carbocycles. The topological polar surface area (TPSA) is 39.7 Å². The molecule has 0 fully saturated rings. The van der Waals surface area contributed by atoms with Crippen molar-refractivity contribution in [2.45, 2.75) is 45.1 Å². The van der Waals surface area contributed by atoms with E-state index in [4.69, 9.17) is 25.8 Å². The zero-order valence-electron chi connectivity index (χ0n) is 16.9. The second-order valence-corrected chi connectivity index (χ2v) is 7.86. The molecule has 2 aromatic rings. The van der Waals surface area contributed by atoms with Crippen molar-refractivity contribution in [2.24, 2.45) is 0 Å². The van der Waals surface area contributed by atoms with Gasteiger partial charge in [-0.1, -0.05) is 35.9 Å². The maximum atomic E-state index is 6.25. The third-order valence-corrected chi connectivity index (χ3v) is 5.13. The Morgan fingerprint density at radius 3 is 2.75 bits per heavy atom. The summed E-state index contributed by atoms with van der Waals surface area (Å²) in [7, 11) is 1.72. The molecule has 5 heteroatoms. The van der Waals surface area contributed by atoms with Crippen LogP contribution in [0, 0.1) is 0 Å². The van der Waals surface area contributed by atoms with Crippen LogP contribution in [0.1, 0.15) is 38.0 Å². The lowest BCUT2D eigenvalue weighted by atomic mass is 9.88. The fraction of sp³-hybridized carbons (Fsp3) is 0.391. The van der Waals surface area contributed by atoms with Gasteiger partial charge in [0.25, 0.3) is 0 Å². The molecule has 2 aromatic carbocycles. The molecule has 1 aliphatic rings. The van der Waals surface area contributed by atoms with Crippen LogP contribution in [0.4, 0.5) is 5.69 Å². The number of fused-ring (bicyclic) bond motifs is 1. The van der Waals surface area contributed by atoms with Gasteiger partial charge in [0.1, 0.15) is 23.6 Å². The Morgan fingerprint density at radius 2 is 2.04 bits per heavy atom. The molecule has 0 saturated carbocycles. The van der Waals surface area contributed by atoms with Gasteiger partial charge < -0.3 is 19.5 Å². The standard InChI is InChI=1S/C23H28ClNO3/c1-5-6-12-27-22-21(26-4)19-14-18(10-11-20(19)28-23(22,2)3)25-15-16-8-7-9-17(24)13-16/h5-11,13-14,21-22,25H,12,15H2,1-4H3/b6-5+. The first-order chi connectivity index (χ1) is 13.4. The molecule has 2 unspecified atom stereocenters. The van der Waals surface area contributed by atoms with E-state index < -0.39 is 5.60 Å². The van der Waals surface area contributed by atoms with E-state index in [0.29, 0.717) is 13.2 Å². The fourth-order valence-corrected chi connectivity index (χ4v) is 3.70. The van der Waals surface area contributed by atoms with Crippen molar-refractivity contribution in [3.63, 3.8) is 0 Å². The molecule has 2 atom stereocenters. The van der Waals surface area contributed by atoms with Gasteiger partial charge in [-0.05, 0) is 56.7 Å². The quantitative estimate of drug-likeness (QED) is 0.597. The van der Waals surface area contributed by atoms with Crippen LogP contribution in [0.25, 0.3) is 0 Å². The van der Waals surface area contributed by atoms with Crippen LogP contribution in [0.3, 0.4) is 0 Å². The van der Waals surface area contributed by atoms with E-state index in [1.165, 1.54) is 0 Å². The fourth-order valence-electron chi connectivity index (χ4n) is 3.49. The van der Waals surface area contributed by atoms with E-state index in [-0.39, 0.29) is 12.2 Å². The minimum atomic E-state index is -0.495. The molecule has 28 heavy (non-hydrogen) atoms. The molecule has 1 heterocycles. The van der Waals surface area contributed by atoms with Crippen molar-refractivity contribution in [1.82, 2.24) is 0 Å². The van der Waals surface area contributed by atoms with E-state index >= 15 is 0 Å². The molecule has 3 rings (SSSR count). The normalized spacial score (nSPS) is 20.6. The zero-order valence-corrected chi connectivity index (χ0v) is 17.6. The van der Waals surface area contributed by atoms with Gasteiger partial charge in [0, 0.05) is 29.9 Å². The Labute approximate surface area is 172 Å². The number of anilines is 1. The van der Waals surface area contributed by atoms with E-state index in [1.807, 2.05) is 69.3 Å². The van der Waals surface area contributed by atoms with Gasteiger partial charge in [-0.15, -0.1) is 0 Å². The van der Waals surface area contributed by atoms with Crippen molar-refractivity contribution < 1.29 is 14.2 Å². The van der Waals surface area contributed by atoms with E-state index in [2.05, 4.69) is 11.4 Å². The summed E-state index contributed by atoms with van der Waals surface area (Å²) in [5.41, 5.74) is 2.61. The number of hydrogen-bond donors (Lipinski definition) is 1. The van der Waals surface area contributed by atoms with Crippen molar-refractivity contribution in [2.75, 3.05) is 19.0 Å². The summed E-state index contributed by atoms with van der Waals surface area (Å²) in [6, 6.07) is 13.9. The number of ether oxygens (including phenoxy) is 3. The average Bonchev–Trinajstić information content (AvgIpc) is 2.66. The highest BCUT2D eigenvalue weighted by Gasteiger charge is 2.45. The number of halogens is 1. The highest BCUT2D eigenvalue weighted by atomic mass is 35.5. The van der Waals surface area contributed by atoms with Gasteiger partial charge in [0.2, 0.25) is 0 Å². The maximum absolute atomic E-state index is 6.25. The van der Waals surface area contributed by atoms with Crippen molar-refractivity contribution in [3.05, 3.63) is 70.8 Å². The Bertz CT molecular complexity index is 834. The summed E-state index contributed by atoms with van der Waals surface area (Å²) in [6.07, 6.45) is 3.53. The van der Waals surface area contributed by atoms with Crippen LogP contribution in [-0.2, 0) is 16.0 Å². The Kier molecular flexibility index (Phi) is 6.65. The predicted octanol–water partition coefficient (Wildman–Crippen LogP) is 5.77. The van der Waals surface area contributed by atoms with E-state index in [0.717, 1.165) is 27.6 Å². The molecule has 1 N–H and O–H groups in total. The van der Waals surface area contributed by atoms with Crippen LogP contribution in [0.15, 0.2) is 54.6 Å². The maximum Gasteiger partial charge on any atom is 0.132 e. The van der Waals surface area contributed by atoms with Crippen LogP contribution in [0.5, 0.6) is 5.75 Å². The molecule has 0 amide bonds. The molecule has 0 bridgehead atoms. The molecule has 0 radical (unpaired) electrons. The van der Waals surface area contributed by atoms with Crippen molar-refractivity contribution in [3.8, 4) is 5.75 Å². The zero-order chi connectivity index (χ0) is 20.1. The highest BCUT2D eigenvalue weighted by Crippen LogP contribution is 2.44. The van der Waals surface area contributed by atoms with E-state index in [1.54, 1.807) is 7.11 Å². The first-order valence-corrected chi connectivity index (χ1v) is 9.89. The van der Waals surface area contributed by atoms with Gasteiger partial charge in [0.05, 0.1) is 6.61 Å². The molecule has 4 nitrogen and oxygen atoms in total. The molecule has 0 saturated heterocycles. The second-order valence-electron chi connectivity index (χ2n) is 7.42. The lowest BCUT2D eigenvalue weighted by molar-refractivity contribution is -0.148. The van der Waals surface area contributed by atoms with Crippen LogP contribution in [-0.4, -0.2) is 25.4 Å². The van der Waals surface area contributed by atoms with Crippen LogP contribution in [0.2, 0.25) is 5.02 Å². The molecule has 0 spiro atoms. The molecule has 1 aliphatic heterocycles. The first-order valence-electron chi connectivity index (χ1n) is 9.51. The minimum absolute atomic E-state index is 0.211. The summed E-state index contributed by atoms with van der Waals surface area (Å²) < 4.78 is 18.2. The first kappa shape index (κ1) is 20.7. The van der Waals surface area contributed by atoms with Gasteiger partial charge in [-0.2, -0.15) is 0 Å². The minimum Gasteiger partial charge on any atom is -0.485 e. The Morgan fingerprint density at radius 1 is 1.21 bits per heavy atom. The largest absolute Gasteiger partial charge is 0.485 e. The van der Waals surface area contributed by atoms with Gasteiger partial charge in [0.15, 0.2) is 0 Å². The molecule has 150 valence electrons.